The molecule has 1 fully saturated rings. The molecule has 1 aliphatic rings. The Morgan fingerprint density at radius 1 is 1.11 bits per heavy atom. The Morgan fingerprint density at radius 2 is 1.89 bits per heavy atom. The number of rotatable bonds is 7. The first-order valence-electron chi connectivity index (χ1n) is 12.8. The van der Waals surface area contributed by atoms with E-state index in [2.05, 4.69) is 60.3 Å². The van der Waals surface area contributed by atoms with Gasteiger partial charge >= 0.3 is 0 Å². The van der Waals surface area contributed by atoms with Crippen molar-refractivity contribution < 1.29 is 9.13 Å². The van der Waals surface area contributed by atoms with Crippen LogP contribution in [0.15, 0.2) is 42.9 Å². The summed E-state index contributed by atoms with van der Waals surface area (Å²) in [6, 6.07) is 9.25. The van der Waals surface area contributed by atoms with Gasteiger partial charge in [-0.15, -0.1) is 0 Å². The van der Waals surface area contributed by atoms with E-state index < -0.39 is 5.82 Å². The van der Waals surface area contributed by atoms with Crippen LogP contribution in [0.3, 0.4) is 0 Å². The molecule has 10 heteroatoms. The van der Waals surface area contributed by atoms with Crippen LogP contribution in [0.1, 0.15) is 32.5 Å². The molecule has 0 spiro atoms. The van der Waals surface area contributed by atoms with Gasteiger partial charge in [0.25, 0.3) is 5.69 Å². The van der Waals surface area contributed by atoms with E-state index in [-0.39, 0.29) is 29.2 Å². The van der Waals surface area contributed by atoms with Gasteiger partial charge in [-0.3, -0.25) is 0 Å². The second kappa shape index (κ2) is 10.6. The maximum Gasteiger partial charge on any atom is 0.288 e. The fourth-order valence-corrected chi connectivity index (χ4v) is 4.97. The number of pyridine rings is 1. The number of aromatic nitrogens is 4. The van der Waals surface area contributed by atoms with Crippen LogP contribution in [-0.2, 0) is 0 Å². The fraction of sp³-hybridized carbons (Fsp3) is 0.357. The number of anilines is 3. The van der Waals surface area contributed by atoms with Crippen molar-refractivity contribution in [1.29, 1.82) is 0 Å². The standard InChI is InChI=1S/C28H31FN8O/c1-6-35-11-13-36(14-12-35)20-7-10-24(31-16-20)34-27-26(30-5)28(33-17-32-27)38-23-9-8-22-21(25(23)29)15-19(4)37(22)18(2)3/h7-10,15-18H,6,11-14H2,1-4H3,(H,31,32,33,34). The van der Waals surface area contributed by atoms with Crippen molar-refractivity contribution in [1.82, 2.24) is 24.4 Å². The largest absolute Gasteiger partial charge is 0.446 e. The third kappa shape index (κ3) is 4.85. The van der Waals surface area contributed by atoms with Gasteiger partial charge in [0.2, 0.25) is 5.88 Å². The smallest absolute Gasteiger partial charge is 0.288 e. The molecule has 1 aromatic carbocycles. The minimum Gasteiger partial charge on any atom is -0.446 e. The Morgan fingerprint density at radius 3 is 2.55 bits per heavy atom. The molecular weight excluding hydrogens is 483 g/mol. The number of aryl methyl sites for hydroxylation is 1. The summed E-state index contributed by atoms with van der Waals surface area (Å²) in [6.07, 6.45) is 3.10. The van der Waals surface area contributed by atoms with Crippen LogP contribution in [0.2, 0.25) is 0 Å². The van der Waals surface area contributed by atoms with E-state index in [1.165, 1.54) is 6.33 Å². The quantitative estimate of drug-likeness (QED) is 0.299. The van der Waals surface area contributed by atoms with Crippen LogP contribution < -0.4 is 15.0 Å². The van der Waals surface area contributed by atoms with Gasteiger partial charge in [0, 0.05) is 43.3 Å². The van der Waals surface area contributed by atoms with Crippen LogP contribution in [0, 0.1) is 19.3 Å². The Balaban J connectivity index is 1.36. The number of halogens is 1. The molecule has 0 bridgehead atoms. The second-order valence-electron chi connectivity index (χ2n) is 9.60. The average Bonchev–Trinajstić information content (AvgIpc) is 3.28. The zero-order valence-corrected chi connectivity index (χ0v) is 22.1. The molecule has 0 saturated carbocycles. The minimum absolute atomic E-state index is 0.00129. The highest BCUT2D eigenvalue weighted by molar-refractivity contribution is 5.84. The molecule has 5 rings (SSSR count). The van der Waals surface area contributed by atoms with Crippen molar-refractivity contribution in [2.45, 2.75) is 33.7 Å². The number of piperazine rings is 1. The average molecular weight is 515 g/mol. The molecule has 0 unspecified atom stereocenters. The van der Waals surface area contributed by atoms with Crippen LogP contribution in [0.25, 0.3) is 15.7 Å². The molecular formula is C28H31FN8O. The van der Waals surface area contributed by atoms with Crippen molar-refractivity contribution >= 4 is 33.9 Å². The number of nitrogens with zero attached hydrogens (tertiary/aromatic N) is 7. The molecule has 0 atom stereocenters. The molecule has 9 nitrogen and oxygen atoms in total. The first kappa shape index (κ1) is 25.4. The van der Waals surface area contributed by atoms with Gasteiger partial charge in [0.1, 0.15) is 18.0 Å². The maximum atomic E-state index is 15.4. The Bertz CT molecular complexity index is 1480. The molecule has 0 radical (unpaired) electrons. The predicted molar refractivity (Wildman–Crippen MR) is 147 cm³/mol. The summed E-state index contributed by atoms with van der Waals surface area (Å²) in [4.78, 5) is 21.2. The van der Waals surface area contributed by atoms with Crippen molar-refractivity contribution in [3.05, 3.63) is 65.8 Å². The highest BCUT2D eigenvalue weighted by Crippen LogP contribution is 2.39. The van der Waals surface area contributed by atoms with Gasteiger partial charge in [-0.1, -0.05) is 6.92 Å². The number of fused-ring (bicyclic) bond motifs is 1. The number of nitrogens with one attached hydrogen (secondary N) is 1. The topological polar surface area (TPSA) is 75.7 Å². The third-order valence-corrected chi connectivity index (χ3v) is 6.92. The summed E-state index contributed by atoms with van der Waals surface area (Å²) >= 11 is 0. The van der Waals surface area contributed by atoms with E-state index in [9.17, 15) is 0 Å². The molecule has 4 heterocycles. The summed E-state index contributed by atoms with van der Waals surface area (Å²) in [5, 5.41) is 3.55. The minimum atomic E-state index is -0.494. The lowest BCUT2D eigenvalue weighted by Crippen LogP contribution is -2.46. The van der Waals surface area contributed by atoms with Gasteiger partial charge < -0.3 is 24.4 Å². The monoisotopic (exact) mass is 514 g/mol. The number of benzene rings is 1. The summed E-state index contributed by atoms with van der Waals surface area (Å²) in [5.74, 6) is 0.254. The number of ether oxygens (including phenoxy) is 1. The number of hydrogen-bond acceptors (Lipinski definition) is 7. The van der Waals surface area contributed by atoms with E-state index in [4.69, 9.17) is 11.3 Å². The SMILES string of the molecule is [C-]#[N+]c1c(Nc2ccc(N3CCN(CC)CC3)cn2)ncnc1Oc1ccc2c(cc(C)n2C(C)C)c1F. The summed E-state index contributed by atoms with van der Waals surface area (Å²) in [6.45, 7) is 21.0. The summed E-state index contributed by atoms with van der Waals surface area (Å²) in [7, 11) is 0. The van der Waals surface area contributed by atoms with Crippen LogP contribution >= 0.6 is 0 Å². The van der Waals surface area contributed by atoms with Crippen LogP contribution in [0.4, 0.5) is 27.4 Å². The molecule has 1 aliphatic heterocycles. The van der Waals surface area contributed by atoms with Crippen molar-refractivity contribution in [3.63, 3.8) is 0 Å². The van der Waals surface area contributed by atoms with E-state index in [0.717, 1.165) is 49.6 Å². The van der Waals surface area contributed by atoms with Crippen molar-refractivity contribution in [2.75, 3.05) is 42.9 Å². The van der Waals surface area contributed by atoms with Gasteiger partial charge in [-0.2, -0.15) is 0 Å². The van der Waals surface area contributed by atoms with Crippen LogP contribution in [0.5, 0.6) is 11.6 Å². The maximum absolute atomic E-state index is 15.4. The molecule has 0 amide bonds. The predicted octanol–water partition coefficient (Wildman–Crippen LogP) is 6.08. The third-order valence-electron chi connectivity index (χ3n) is 6.92. The normalized spacial score (nSPS) is 14.2. The van der Waals surface area contributed by atoms with E-state index in [0.29, 0.717) is 11.2 Å². The fourth-order valence-electron chi connectivity index (χ4n) is 4.97. The molecule has 196 valence electrons. The summed E-state index contributed by atoms with van der Waals surface area (Å²) in [5.41, 5.74) is 2.85. The highest BCUT2D eigenvalue weighted by Gasteiger charge is 2.20. The first-order chi connectivity index (χ1) is 18.4. The van der Waals surface area contributed by atoms with Crippen LogP contribution in [-0.4, -0.2) is 57.1 Å². The Hall–Kier alpha value is -4.23. The highest BCUT2D eigenvalue weighted by atomic mass is 19.1. The van der Waals surface area contributed by atoms with Crippen molar-refractivity contribution in [2.24, 2.45) is 0 Å². The molecule has 0 aliphatic carbocycles. The van der Waals surface area contributed by atoms with Gasteiger partial charge in [-0.25, -0.2) is 24.2 Å². The van der Waals surface area contributed by atoms with Gasteiger partial charge in [0.15, 0.2) is 11.6 Å². The first-order valence-corrected chi connectivity index (χ1v) is 12.8. The lowest BCUT2D eigenvalue weighted by atomic mass is 10.2. The van der Waals surface area contributed by atoms with E-state index >= 15 is 4.39 Å². The molecule has 38 heavy (non-hydrogen) atoms. The second-order valence-corrected chi connectivity index (χ2v) is 9.60. The molecule has 1 saturated heterocycles. The number of likely N-dealkylation sites (N-methyl/N-ethyl adjacent to an activating group) is 1. The zero-order chi connectivity index (χ0) is 26.8. The van der Waals surface area contributed by atoms with Gasteiger partial charge in [-0.05, 0) is 57.6 Å². The Labute approximate surface area is 221 Å². The Kier molecular flexibility index (Phi) is 7.11. The summed E-state index contributed by atoms with van der Waals surface area (Å²) < 4.78 is 23.3. The molecule has 4 aromatic rings. The van der Waals surface area contributed by atoms with Gasteiger partial charge in [0.05, 0.1) is 24.0 Å². The lowest BCUT2D eigenvalue weighted by molar-refractivity contribution is 0.271. The molecule has 1 N–H and O–H groups in total. The number of hydrogen-bond donors (Lipinski definition) is 1. The lowest BCUT2D eigenvalue weighted by Gasteiger charge is -2.35. The van der Waals surface area contributed by atoms with E-state index in [1.54, 1.807) is 12.1 Å². The van der Waals surface area contributed by atoms with E-state index in [1.807, 2.05) is 31.3 Å². The zero-order valence-electron chi connectivity index (χ0n) is 22.1. The van der Waals surface area contributed by atoms with Crippen molar-refractivity contribution in [3.8, 4) is 11.6 Å². The molecule has 3 aromatic heterocycles.